The summed E-state index contributed by atoms with van der Waals surface area (Å²) in [7, 11) is 1.39. The number of hydrogen-bond donors (Lipinski definition) is 1. The Hall–Kier alpha value is -2.24. The molecular weight excluding hydrogens is 298 g/mol. The van der Waals surface area contributed by atoms with Gasteiger partial charge in [-0.3, -0.25) is 4.90 Å². The molecule has 0 unspecified atom stereocenters. The van der Waals surface area contributed by atoms with E-state index in [4.69, 9.17) is 9.47 Å². The Morgan fingerprint density at radius 1 is 1.26 bits per heavy atom. The molecule has 0 saturated carbocycles. The summed E-state index contributed by atoms with van der Waals surface area (Å²) in [6.07, 6.45) is 0.0767. The molecule has 0 fully saturated rings. The van der Waals surface area contributed by atoms with Crippen molar-refractivity contribution in [3.63, 3.8) is 0 Å². The number of likely N-dealkylation sites (N-methyl/N-ethyl adjacent to an activating group) is 1. The lowest BCUT2D eigenvalue weighted by molar-refractivity contribution is -0.143. The molecule has 0 spiro atoms. The fourth-order valence-corrected chi connectivity index (χ4v) is 1.92. The van der Waals surface area contributed by atoms with E-state index in [1.165, 1.54) is 7.05 Å². The van der Waals surface area contributed by atoms with Gasteiger partial charge in [-0.1, -0.05) is 25.1 Å². The summed E-state index contributed by atoms with van der Waals surface area (Å²) in [4.78, 5) is 24.5. The van der Waals surface area contributed by atoms with Crippen molar-refractivity contribution in [3.05, 3.63) is 29.8 Å². The molecule has 0 radical (unpaired) electrons. The molecule has 1 N–H and O–H groups in total. The number of rotatable bonds is 6. The van der Waals surface area contributed by atoms with Crippen LogP contribution in [0.1, 0.15) is 33.3 Å². The van der Waals surface area contributed by atoms with Gasteiger partial charge in [0.1, 0.15) is 18.0 Å². The maximum atomic E-state index is 12.0. The Morgan fingerprint density at radius 3 is 2.39 bits per heavy atom. The van der Waals surface area contributed by atoms with Crippen LogP contribution < -0.4 is 4.74 Å². The van der Waals surface area contributed by atoms with Crippen molar-refractivity contribution < 1.29 is 24.2 Å². The summed E-state index contributed by atoms with van der Waals surface area (Å²) in [5.74, 6) is -0.522. The zero-order chi connectivity index (χ0) is 17.6. The molecule has 23 heavy (non-hydrogen) atoms. The molecule has 0 aromatic heterocycles. The molecule has 6 heteroatoms. The van der Waals surface area contributed by atoms with Crippen LogP contribution in [-0.4, -0.2) is 47.4 Å². The molecule has 1 atom stereocenters. The van der Waals surface area contributed by atoms with Crippen LogP contribution in [0.25, 0.3) is 0 Å². The zero-order valence-corrected chi connectivity index (χ0v) is 14.3. The van der Waals surface area contributed by atoms with Crippen molar-refractivity contribution in [2.45, 2.75) is 45.8 Å². The van der Waals surface area contributed by atoms with Crippen LogP contribution in [0.5, 0.6) is 5.75 Å². The first-order valence-corrected chi connectivity index (χ1v) is 7.55. The van der Waals surface area contributed by atoms with E-state index < -0.39 is 23.7 Å². The molecule has 128 valence electrons. The summed E-state index contributed by atoms with van der Waals surface area (Å²) in [6.45, 7) is 7.01. The third-order valence-electron chi connectivity index (χ3n) is 3.18. The number of amides is 1. The summed E-state index contributed by atoms with van der Waals surface area (Å²) >= 11 is 0. The second-order valence-electron chi connectivity index (χ2n) is 6.22. The molecule has 1 aromatic carbocycles. The van der Waals surface area contributed by atoms with Crippen LogP contribution in [-0.2, 0) is 16.0 Å². The molecule has 1 aromatic rings. The predicted octanol–water partition coefficient (Wildman–Crippen LogP) is 2.95. The lowest BCUT2D eigenvalue weighted by Crippen LogP contribution is -2.47. The van der Waals surface area contributed by atoms with Gasteiger partial charge in [0.05, 0.1) is 0 Å². The molecule has 0 aliphatic heterocycles. The first-order chi connectivity index (χ1) is 10.7. The average molecular weight is 323 g/mol. The van der Waals surface area contributed by atoms with Crippen LogP contribution in [0.15, 0.2) is 24.3 Å². The summed E-state index contributed by atoms with van der Waals surface area (Å²) < 4.78 is 10.8. The monoisotopic (exact) mass is 323 g/mol. The number of hydrogen-bond acceptors (Lipinski definition) is 4. The topological polar surface area (TPSA) is 76.1 Å². The SMILES string of the molecule is CCc1ccccc1OC[C@@H](C(=O)O)N(C)C(=O)OC(C)(C)C. The number of carbonyl (C=O) groups excluding carboxylic acids is 1. The van der Waals surface area contributed by atoms with Gasteiger partial charge in [-0.2, -0.15) is 0 Å². The normalized spacial score (nSPS) is 12.4. The Morgan fingerprint density at radius 2 is 1.87 bits per heavy atom. The van der Waals surface area contributed by atoms with E-state index in [2.05, 4.69) is 0 Å². The predicted molar refractivity (Wildman–Crippen MR) is 86.7 cm³/mol. The van der Waals surface area contributed by atoms with Crippen LogP contribution >= 0.6 is 0 Å². The zero-order valence-electron chi connectivity index (χ0n) is 14.3. The Labute approximate surface area is 137 Å². The van der Waals surface area contributed by atoms with Gasteiger partial charge in [0.15, 0.2) is 6.04 Å². The van der Waals surface area contributed by atoms with Gasteiger partial charge in [-0.25, -0.2) is 9.59 Å². The first-order valence-electron chi connectivity index (χ1n) is 7.55. The van der Waals surface area contributed by atoms with E-state index in [0.29, 0.717) is 5.75 Å². The fourth-order valence-electron chi connectivity index (χ4n) is 1.92. The highest BCUT2D eigenvalue weighted by molar-refractivity contribution is 5.80. The largest absolute Gasteiger partial charge is 0.491 e. The van der Waals surface area contributed by atoms with Crippen LogP contribution in [0.2, 0.25) is 0 Å². The highest BCUT2D eigenvalue weighted by atomic mass is 16.6. The lowest BCUT2D eigenvalue weighted by Gasteiger charge is -2.28. The van der Waals surface area contributed by atoms with E-state index >= 15 is 0 Å². The Bertz CT molecular complexity index is 550. The van der Waals surface area contributed by atoms with E-state index in [-0.39, 0.29) is 6.61 Å². The van der Waals surface area contributed by atoms with E-state index in [1.54, 1.807) is 26.8 Å². The summed E-state index contributed by atoms with van der Waals surface area (Å²) in [5.41, 5.74) is 0.293. The molecule has 6 nitrogen and oxygen atoms in total. The average Bonchev–Trinajstić information content (AvgIpc) is 2.45. The number of nitrogens with zero attached hydrogens (tertiary/aromatic N) is 1. The summed E-state index contributed by atoms with van der Waals surface area (Å²) in [5, 5.41) is 9.37. The number of carbonyl (C=O) groups is 2. The van der Waals surface area contributed by atoms with Gasteiger partial charge in [0, 0.05) is 7.05 Å². The number of para-hydroxylation sites is 1. The number of ether oxygens (including phenoxy) is 2. The minimum Gasteiger partial charge on any atom is -0.491 e. The van der Waals surface area contributed by atoms with Crippen molar-refractivity contribution in [1.82, 2.24) is 4.90 Å². The Kier molecular flexibility index (Phi) is 6.42. The van der Waals surface area contributed by atoms with Crippen molar-refractivity contribution in [2.75, 3.05) is 13.7 Å². The molecule has 0 heterocycles. The highest BCUT2D eigenvalue weighted by Crippen LogP contribution is 2.19. The minimum absolute atomic E-state index is 0.151. The summed E-state index contributed by atoms with van der Waals surface area (Å²) in [6, 6.07) is 6.29. The standard InChI is InChI=1S/C17H25NO5/c1-6-12-9-7-8-10-14(12)22-11-13(15(19)20)18(5)16(21)23-17(2,3)4/h7-10,13H,6,11H2,1-5H3,(H,19,20)/t13-/m0/s1. The number of aliphatic carboxylic acids is 1. The quantitative estimate of drug-likeness (QED) is 0.871. The molecule has 1 amide bonds. The smallest absolute Gasteiger partial charge is 0.410 e. The fraction of sp³-hybridized carbons (Fsp3) is 0.529. The van der Waals surface area contributed by atoms with E-state index in [9.17, 15) is 14.7 Å². The number of carboxylic acid groups (broad SMARTS) is 1. The lowest BCUT2D eigenvalue weighted by atomic mass is 10.1. The molecule has 0 aliphatic carbocycles. The number of carboxylic acids is 1. The molecule has 1 rings (SSSR count). The van der Waals surface area contributed by atoms with Gasteiger partial charge in [0.25, 0.3) is 0 Å². The second-order valence-corrected chi connectivity index (χ2v) is 6.22. The van der Waals surface area contributed by atoms with Crippen LogP contribution in [0, 0.1) is 0 Å². The van der Waals surface area contributed by atoms with Crippen molar-refractivity contribution in [1.29, 1.82) is 0 Å². The van der Waals surface area contributed by atoms with Crippen LogP contribution in [0.4, 0.5) is 4.79 Å². The maximum Gasteiger partial charge on any atom is 0.410 e. The first kappa shape index (κ1) is 18.8. The maximum absolute atomic E-state index is 12.0. The van der Waals surface area contributed by atoms with Gasteiger partial charge in [-0.15, -0.1) is 0 Å². The van der Waals surface area contributed by atoms with Gasteiger partial charge in [-0.05, 0) is 38.8 Å². The molecule has 0 aliphatic rings. The minimum atomic E-state index is -1.15. The molecule has 0 saturated heterocycles. The van der Waals surface area contributed by atoms with Gasteiger partial charge >= 0.3 is 12.1 Å². The van der Waals surface area contributed by atoms with Crippen molar-refractivity contribution in [3.8, 4) is 5.75 Å². The van der Waals surface area contributed by atoms with E-state index in [0.717, 1.165) is 16.9 Å². The van der Waals surface area contributed by atoms with Gasteiger partial charge < -0.3 is 14.6 Å². The molecular formula is C17H25NO5. The molecule has 0 bridgehead atoms. The van der Waals surface area contributed by atoms with Gasteiger partial charge in [0.2, 0.25) is 0 Å². The Balaban J connectivity index is 2.79. The van der Waals surface area contributed by atoms with Crippen molar-refractivity contribution in [2.24, 2.45) is 0 Å². The van der Waals surface area contributed by atoms with E-state index in [1.807, 2.05) is 25.1 Å². The van der Waals surface area contributed by atoms with Crippen LogP contribution in [0.3, 0.4) is 0 Å². The van der Waals surface area contributed by atoms with Crippen molar-refractivity contribution >= 4 is 12.1 Å². The second kappa shape index (κ2) is 7.85. The number of benzene rings is 1. The third kappa shape index (κ3) is 5.81. The number of aryl methyl sites for hydroxylation is 1. The third-order valence-corrected chi connectivity index (χ3v) is 3.18. The highest BCUT2D eigenvalue weighted by Gasteiger charge is 2.30.